The number of hydrogen-bond acceptors (Lipinski definition) is 6. The number of ketones is 1. The highest BCUT2D eigenvalue weighted by Gasteiger charge is 2.22. The fraction of sp³-hybridized carbons (Fsp3) is 0.375. The summed E-state index contributed by atoms with van der Waals surface area (Å²) in [6.07, 6.45) is 6.85. The number of aromatic amines is 1. The van der Waals surface area contributed by atoms with Crippen LogP contribution in [0.5, 0.6) is 0 Å². The van der Waals surface area contributed by atoms with Gasteiger partial charge in [0.15, 0.2) is 0 Å². The predicted octanol–water partition coefficient (Wildman–Crippen LogP) is 3.88. The highest BCUT2D eigenvalue weighted by molar-refractivity contribution is 7.13. The number of nitrogens with zero attached hydrogens (tertiary/aromatic N) is 2. The zero-order chi connectivity index (χ0) is 23.5. The van der Waals surface area contributed by atoms with E-state index in [-0.39, 0.29) is 24.1 Å². The Morgan fingerprint density at radius 2 is 1.94 bits per heavy atom. The number of amides is 2. The monoisotopic (exact) mass is 467 g/mol. The first kappa shape index (κ1) is 24.3. The van der Waals surface area contributed by atoms with Gasteiger partial charge in [0, 0.05) is 30.0 Å². The second-order valence-electron chi connectivity index (χ2n) is 7.73. The number of carbonyl (C=O) groups excluding carboxylic acids is 3. The van der Waals surface area contributed by atoms with Crippen molar-refractivity contribution in [1.82, 2.24) is 25.8 Å². The minimum Gasteiger partial charge on any atom is -0.349 e. The summed E-state index contributed by atoms with van der Waals surface area (Å²) in [4.78, 5) is 41.4. The number of carbonyl (C=O) groups is 3. The maximum atomic E-state index is 12.9. The van der Waals surface area contributed by atoms with E-state index >= 15 is 0 Å². The second-order valence-corrected chi connectivity index (χ2v) is 8.59. The van der Waals surface area contributed by atoms with Gasteiger partial charge in [-0.3, -0.25) is 19.5 Å². The lowest BCUT2D eigenvalue weighted by Gasteiger charge is -2.18. The summed E-state index contributed by atoms with van der Waals surface area (Å²) in [5, 5.41) is 14.9. The van der Waals surface area contributed by atoms with Crippen molar-refractivity contribution in [3.05, 3.63) is 59.4 Å². The van der Waals surface area contributed by atoms with Crippen LogP contribution in [0.1, 0.15) is 61.5 Å². The lowest BCUT2D eigenvalue weighted by molar-refractivity contribution is -0.123. The number of aromatic nitrogens is 3. The van der Waals surface area contributed by atoms with Crippen LogP contribution in [-0.2, 0) is 16.1 Å². The van der Waals surface area contributed by atoms with Gasteiger partial charge >= 0.3 is 0 Å². The van der Waals surface area contributed by atoms with E-state index in [0.29, 0.717) is 24.8 Å². The number of Topliss-reactive ketones (excluding diaryl/α,β-unsaturated/α-hetero) is 1. The van der Waals surface area contributed by atoms with E-state index in [1.54, 1.807) is 0 Å². The van der Waals surface area contributed by atoms with Crippen molar-refractivity contribution in [2.45, 2.75) is 58.0 Å². The Morgan fingerprint density at radius 1 is 1.12 bits per heavy atom. The molecule has 3 aromatic rings. The maximum Gasteiger partial charge on any atom is 0.255 e. The molecule has 0 aliphatic carbocycles. The van der Waals surface area contributed by atoms with Crippen molar-refractivity contribution >= 4 is 28.9 Å². The van der Waals surface area contributed by atoms with Crippen LogP contribution in [0, 0.1) is 0 Å². The lowest BCUT2D eigenvalue weighted by atomic mass is 10.0. The van der Waals surface area contributed by atoms with E-state index in [1.807, 2.05) is 42.6 Å². The van der Waals surface area contributed by atoms with Gasteiger partial charge in [0.25, 0.3) is 5.91 Å². The van der Waals surface area contributed by atoms with Crippen LogP contribution in [0.2, 0.25) is 0 Å². The van der Waals surface area contributed by atoms with Crippen molar-refractivity contribution in [1.29, 1.82) is 0 Å². The summed E-state index contributed by atoms with van der Waals surface area (Å²) in [7, 11) is 0. The molecule has 1 aromatic carbocycles. The van der Waals surface area contributed by atoms with E-state index in [2.05, 4.69) is 25.8 Å². The molecule has 0 saturated carbocycles. The molecule has 2 heterocycles. The molecule has 2 aromatic heterocycles. The highest BCUT2D eigenvalue weighted by atomic mass is 32.1. The average Bonchev–Trinajstić information content (AvgIpc) is 3.54. The molecule has 174 valence electrons. The summed E-state index contributed by atoms with van der Waals surface area (Å²) in [6.45, 7) is 2.14. The van der Waals surface area contributed by atoms with Gasteiger partial charge in [0.2, 0.25) is 5.91 Å². The number of thiazole rings is 1. The molecule has 0 aliphatic heterocycles. The molecular formula is C24H29N5O3S. The molecular weight excluding hydrogens is 438 g/mol. The Hall–Kier alpha value is -3.33. The maximum absolute atomic E-state index is 12.9. The zero-order valence-electron chi connectivity index (χ0n) is 18.7. The van der Waals surface area contributed by atoms with E-state index in [1.165, 1.54) is 23.7 Å². The summed E-state index contributed by atoms with van der Waals surface area (Å²) >= 11 is 1.52. The molecule has 0 spiro atoms. The van der Waals surface area contributed by atoms with E-state index < -0.39 is 6.04 Å². The Morgan fingerprint density at radius 3 is 2.67 bits per heavy atom. The van der Waals surface area contributed by atoms with Crippen LogP contribution in [0.3, 0.4) is 0 Å². The highest BCUT2D eigenvalue weighted by Crippen LogP contribution is 2.23. The third-order valence-corrected chi connectivity index (χ3v) is 6.18. The molecule has 1 atom stereocenters. The van der Waals surface area contributed by atoms with E-state index in [9.17, 15) is 14.4 Å². The Labute approximate surface area is 197 Å². The SMILES string of the molecule is CCC(=O)CCCCCC(NC(=O)c1cn[nH]c1)C(=O)NCc1csc(-c2ccccc2)n1. The molecule has 0 saturated heterocycles. The first-order valence-electron chi connectivity index (χ1n) is 11.2. The van der Waals surface area contributed by atoms with Crippen molar-refractivity contribution in [2.24, 2.45) is 0 Å². The lowest BCUT2D eigenvalue weighted by Crippen LogP contribution is -2.46. The minimum absolute atomic E-state index is 0.246. The van der Waals surface area contributed by atoms with Gasteiger partial charge in [0.05, 0.1) is 24.0 Å². The Bertz CT molecular complexity index is 1030. The van der Waals surface area contributed by atoms with Gasteiger partial charge in [-0.05, 0) is 12.8 Å². The molecule has 0 radical (unpaired) electrons. The van der Waals surface area contributed by atoms with Crippen molar-refractivity contribution in [3.8, 4) is 10.6 Å². The second kappa shape index (κ2) is 12.6. The quantitative estimate of drug-likeness (QED) is 0.330. The molecule has 3 N–H and O–H groups in total. The summed E-state index contributed by atoms with van der Waals surface area (Å²) in [5.41, 5.74) is 2.17. The standard InChI is InChI=1S/C24H29N5O3S/c1-2-20(30)11-7-4-8-12-21(29-22(31)18-13-26-27-14-18)23(32)25-15-19-16-33-24(28-19)17-9-5-3-6-10-17/h3,5-6,9-10,13-14,16,21H,2,4,7-8,11-12,15H2,1H3,(H,25,32)(H,26,27)(H,29,31). The van der Waals surface area contributed by atoms with Crippen LogP contribution < -0.4 is 10.6 Å². The fourth-order valence-electron chi connectivity index (χ4n) is 3.31. The summed E-state index contributed by atoms with van der Waals surface area (Å²) in [6, 6.07) is 9.19. The van der Waals surface area contributed by atoms with Gasteiger partial charge in [-0.2, -0.15) is 5.10 Å². The van der Waals surface area contributed by atoms with Crippen LogP contribution in [-0.4, -0.2) is 38.8 Å². The molecule has 0 fully saturated rings. The number of benzene rings is 1. The number of unbranched alkanes of at least 4 members (excludes halogenated alkanes) is 2. The third kappa shape index (κ3) is 7.64. The van der Waals surface area contributed by atoms with E-state index in [0.717, 1.165) is 35.5 Å². The Balaban J connectivity index is 1.55. The zero-order valence-corrected chi connectivity index (χ0v) is 19.5. The van der Waals surface area contributed by atoms with Crippen molar-refractivity contribution < 1.29 is 14.4 Å². The van der Waals surface area contributed by atoms with Gasteiger partial charge in [-0.1, -0.05) is 50.1 Å². The normalized spacial score (nSPS) is 11.7. The van der Waals surface area contributed by atoms with Gasteiger partial charge < -0.3 is 10.6 Å². The first-order chi connectivity index (χ1) is 16.1. The number of rotatable bonds is 13. The topological polar surface area (TPSA) is 117 Å². The molecule has 33 heavy (non-hydrogen) atoms. The minimum atomic E-state index is -0.679. The van der Waals surface area contributed by atoms with Gasteiger partial charge in [0.1, 0.15) is 16.8 Å². The van der Waals surface area contributed by atoms with E-state index in [4.69, 9.17) is 0 Å². The third-order valence-electron chi connectivity index (χ3n) is 5.24. The average molecular weight is 468 g/mol. The Kier molecular flexibility index (Phi) is 9.31. The van der Waals surface area contributed by atoms with Crippen LogP contribution in [0.15, 0.2) is 48.1 Å². The molecule has 1 unspecified atom stereocenters. The molecule has 0 aliphatic rings. The summed E-state index contributed by atoms with van der Waals surface area (Å²) in [5.74, 6) is -0.369. The molecule has 8 nitrogen and oxygen atoms in total. The van der Waals surface area contributed by atoms with Gasteiger partial charge in [-0.15, -0.1) is 11.3 Å². The fourth-order valence-corrected chi connectivity index (χ4v) is 4.14. The smallest absolute Gasteiger partial charge is 0.255 e. The van der Waals surface area contributed by atoms with Crippen molar-refractivity contribution in [3.63, 3.8) is 0 Å². The largest absolute Gasteiger partial charge is 0.349 e. The molecule has 3 rings (SSSR count). The first-order valence-corrected chi connectivity index (χ1v) is 12.0. The van der Waals surface area contributed by atoms with Crippen molar-refractivity contribution in [2.75, 3.05) is 0 Å². The summed E-state index contributed by atoms with van der Waals surface area (Å²) < 4.78 is 0. The predicted molar refractivity (Wildman–Crippen MR) is 128 cm³/mol. The van der Waals surface area contributed by atoms with Crippen LogP contribution in [0.25, 0.3) is 10.6 Å². The molecule has 2 amide bonds. The number of H-pyrrole nitrogens is 1. The number of nitrogens with one attached hydrogen (secondary N) is 3. The molecule has 0 bridgehead atoms. The molecule has 9 heteroatoms. The van der Waals surface area contributed by atoms with Crippen LogP contribution >= 0.6 is 11.3 Å². The van der Waals surface area contributed by atoms with Gasteiger partial charge in [-0.25, -0.2) is 4.98 Å². The van der Waals surface area contributed by atoms with Crippen LogP contribution in [0.4, 0.5) is 0 Å². The number of hydrogen-bond donors (Lipinski definition) is 3.